The Labute approximate surface area is 162 Å². The highest BCUT2D eigenvalue weighted by atomic mass is 32.1. The zero-order chi connectivity index (χ0) is 17.9. The molecule has 0 radical (unpaired) electrons. The molecule has 0 aliphatic rings. The Morgan fingerprint density at radius 2 is 0.960 bits per heavy atom. The summed E-state index contributed by atoms with van der Waals surface area (Å²) in [5.41, 5.74) is 0. The van der Waals surface area contributed by atoms with Gasteiger partial charge in [-0.15, -0.1) is 4.20 Å². The Bertz CT molecular complexity index is 746. The quantitative estimate of drug-likeness (QED) is 0.359. The average molecular weight is 381 g/mol. The Balaban J connectivity index is 2.47. The smallest absolute Gasteiger partial charge is 0.120 e. The van der Waals surface area contributed by atoms with Crippen molar-refractivity contribution >= 4 is 52.2 Å². The Morgan fingerprint density at radius 1 is 0.680 bits per heavy atom. The van der Waals surface area contributed by atoms with Crippen molar-refractivity contribution in [3.63, 3.8) is 0 Å². The third-order valence-electron chi connectivity index (χ3n) is 4.77. The molecule has 126 valence electrons. The van der Waals surface area contributed by atoms with Crippen molar-refractivity contribution in [1.82, 2.24) is 0 Å². The van der Waals surface area contributed by atoms with Gasteiger partial charge in [0, 0.05) is 0 Å². The molecule has 25 heavy (non-hydrogen) atoms. The van der Waals surface area contributed by atoms with Crippen molar-refractivity contribution < 1.29 is 0 Å². The number of rotatable bonds is 5. The van der Waals surface area contributed by atoms with E-state index in [0.29, 0.717) is 4.20 Å². The monoisotopic (exact) mass is 380 g/mol. The van der Waals surface area contributed by atoms with Gasteiger partial charge >= 0.3 is 0 Å². The van der Waals surface area contributed by atoms with Gasteiger partial charge in [0.25, 0.3) is 0 Å². The van der Waals surface area contributed by atoms with Crippen molar-refractivity contribution in [3.8, 4) is 0 Å². The van der Waals surface area contributed by atoms with Crippen LogP contribution in [0.2, 0.25) is 0 Å². The maximum absolute atomic E-state index is 5.62. The summed E-state index contributed by atoms with van der Waals surface area (Å²) in [7, 11) is -2.06. The lowest BCUT2D eigenvalue weighted by Crippen LogP contribution is -2.47. The highest BCUT2D eigenvalue weighted by molar-refractivity contribution is 8.06. The second-order valence-electron chi connectivity index (χ2n) is 6.52. The van der Waals surface area contributed by atoms with Crippen LogP contribution in [0.15, 0.2) is 91.0 Å². The lowest BCUT2D eigenvalue weighted by Gasteiger charge is -2.43. The van der Waals surface area contributed by atoms with E-state index in [1.807, 2.05) is 0 Å². The van der Waals surface area contributed by atoms with E-state index in [0.717, 1.165) is 0 Å². The molecule has 0 unspecified atom stereocenters. The SMILES string of the molecule is CC(C)(C(=S)[S-])[P+](c1ccccc1)(c1ccccc1)c1ccccc1. The topological polar surface area (TPSA) is 0 Å². The summed E-state index contributed by atoms with van der Waals surface area (Å²) < 4.78 is 0.636. The first-order valence-electron chi connectivity index (χ1n) is 8.28. The highest BCUT2D eigenvalue weighted by Gasteiger charge is 2.56. The van der Waals surface area contributed by atoms with Crippen LogP contribution in [0, 0.1) is 0 Å². The third-order valence-corrected chi connectivity index (χ3v) is 11.2. The molecule has 0 heterocycles. The molecule has 3 rings (SSSR count). The van der Waals surface area contributed by atoms with Gasteiger partial charge in [0.15, 0.2) is 0 Å². The van der Waals surface area contributed by atoms with Crippen LogP contribution in [0.5, 0.6) is 0 Å². The normalized spacial score (nSPS) is 11.9. The summed E-state index contributed by atoms with van der Waals surface area (Å²) in [4.78, 5) is 0. The zero-order valence-electron chi connectivity index (χ0n) is 14.4. The zero-order valence-corrected chi connectivity index (χ0v) is 17.0. The lowest BCUT2D eigenvalue weighted by molar-refractivity contribution is 0.962. The van der Waals surface area contributed by atoms with Crippen molar-refractivity contribution in [2.24, 2.45) is 0 Å². The fourth-order valence-corrected chi connectivity index (χ4v) is 9.29. The van der Waals surface area contributed by atoms with E-state index < -0.39 is 7.26 Å². The number of thiocarbonyl (C=S) groups is 1. The van der Waals surface area contributed by atoms with Gasteiger partial charge in [-0.1, -0.05) is 54.6 Å². The van der Waals surface area contributed by atoms with Crippen LogP contribution in [-0.2, 0) is 12.6 Å². The molecule has 3 aromatic carbocycles. The molecule has 0 spiro atoms. The van der Waals surface area contributed by atoms with Crippen molar-refractivity contribution in [1.29, 1.82) is 0 Å². The van der Waals surface area contributed by atoms with Crippen LogP contribution in [-0.4, -0.2) is 9.35 Å². The maximum Gasteiger partial charge on any atom is 0.120 e. The second kappa shape index (κ2) is 7.33. The van der Waals surface area contributed by atoms with E-state index in [1.165, 1.54) is 15.9 Å². The van der Waals surface area contributed by atoms with E-state index in [4.69, 9.17) is 24.8 Å². The van der Waals surface area contributed by atoms with Gasteiger partial charge in [-0.05, 0) is 50.2 Å². The highest BCUT2D eigenvalue weighted by Crippen LogP contribution is 2.66. The van der Waals surface area contributed by atoms with Crippen LogP contribution in [0.1, 0.15) is 13.8 Å². The van der Waals surface area contributed by atoms with Crippen LogP contribution < -0.4 is 15.9 Å². The van der Waals surface area contributed by atoms with Gasteiger partial charge in [-0.2, -0.15) is 0 Å². The fourth-order valence-electron chi connectivity index (χ4n) is 3.51. The maximum atomic E-state index is 5.62. The summed E-state index contributed by atoms with van der Waals surface area (Å²) in [5.74, 6) is 0. The van der Waals surface area contributed by atoms with Crippen LogP contribution in [0.3, 0.4) is 0 Å². The summed E-state index contributed by atoms with van der Waals surface area (Å²) in [6, 6.07) is 32.2. The van der Waals surface area contributed by atoms with E-state index >= 15 is 0 Å². The minimum absolute atomic E-state index is 0.318. The summed E-state index contributed by atoms with van der Waals surface area (Å²) in [6.45, 7) is 4.42. The number of hydrogen-bond donors (Lipinski definition) is 0. The first-order valence-corrected chi connectivity index (χ1v) is 10.9. The molecule has 0 amide bonds. The molecule has 0 atom stereocenters. The molecule has 0 aliphatic carbocycles. The second-order valence-corrected chi connectivity index (χ2v) is 11.6. The molecule has 3 aromatic rings. The van der Waals surface area contributed by atoms with Gasteiger partial charge < -0.3 is 24.8 Å². The average Bonchev–Trinajstić information content (AvgIpc) is 2.65. The van der Waals surface area contributed by atoms with E-state index in [2.05, 4.69) is 105 Å². The number of hydrogen-bond acceptors (Lipinski definition) is 2. The Kier molecular flexibility index (Phi) is 5.34. The van der Waals surface area contributed by atoms with Gasteiger partial charge in [-0.25, -0.2) is 0 Å². The Hall–Kier alpha value is -1.60. The standard InChI is InChI=1S/C22H21PS2/c1-22(2,21(24)25)23(18-12-6-3-7-13-18,19-14-8-4-9-15-19)20-16-10-5-11-17-20/h3-17H,1-2H3. The largest absolute Gasteiger partial charge is 0.429 e. The van der Waals surface area contributed by atoms with Gasteiger partial charge in [0.1, 0.15) is 23.2 Å². The molecular weight excluding hydrogens is 359 g/mol. The summed E-state index contributed by atoms with van der Waals surface area (Å²) in [5, 5.41) is 3.61. The fraction of sp³-hybridized carbons (Fsp3) is 0.136. The minimum Gasteiger partial charge on any atom is -0.429 e. The molecular formula is C22H21PS2. The first-order chi connectivity index (χ1) is 12.0. The lowest BCUT2D eigenvalue weighted by atomic mass is 10.2. The molecule has 0 nitrogen and oxygen atoms in total. The molecule has 0 bridgehead atoms. The molecule has 3 heteroatoms. The summed E-state index contributed by atoms with van der Waals surface area (Å²) >= 11 is 11.2. The molecule has 0 saturated carbocycles. The molecule has 0 aliphatic heterocycles. The van der Waals surface area contributed by atoms with Crippen molar-refractivity contribution in [2.75, 3.05) is 0 Å². The number of benzene rings is 3. The first kappa shape index (κ1) is 18.2. The van der Waals surface area contributed by atoms with E-state index in [-0.39, 0.29) is 5.16 Å². The minimum atomic E-state index is -2.06. The predicted octanol–water partition coefficient (Wildman–Crippen LogP) is 4.63. The molecule has 0 N–H and O–H groups in total. The Morgan fingerprint density at radius 3 is 1.20 bits per heavy atom. The van der Waals surface area contributed by atoms with Gasteiger partial charge in [0.2, 0.25) is 0 Å². The van der Waals surface area contributed by atoms with Crippen molar-refractivity contribution in [2.45, 2.75) is 19.0 Å². The molecule has 0 saturated heterocycles. The van der Waals surface area contributed by atoms with Crippen LogP contribution in [0.25, 0.3) is 0 Å². The van der Waals surface area contributed by atoms with E-state index in [9.17, 15) is 0 Å². The predicted molar refractivity (Wildman–Crippen MR) is 119 cm³/mol. The summed E-state index contributed by atoms with van der Waals surface area (Å²) in [6.07, 6.45) is 0. The van der Waals surface area contributed by atoms with Crippen molar-refractivity contribution in [3.05, 3.63) is 91.0 Å². The molecule has 0 aromatic heterocycles. The molecule has 0 fully saturated rings. The van der Waals surface area contributed by atoms with Crippen LogP contribution >= 0.6 is 19.5 Å². The van der Waals surface area contributed by atoms with Gasteiger partial charge in [0.05, 0.1) is 5.16 Å². The van der Waals surface area contributed by atoms with Crippen LogP contribution in [0.4, 0.5) is 0 Å². The van der Waals surface area contributed by atoms with Gasteiger partial charge in [-0.3, -0.25) is 0 Å². The van der Waals surface area contributed by atoms with E-state index in [1.54, 1.807) is 0 Å². The third kappa shape index (κ3) is 3.04.